The molecule has 0 aliphatic rings. The number of rotatable bonds is 3. The summed E-state index contributed by atoms with van der Waals surface area (Å²) < 4.78 is 1.21. The van der Waals surface area contributed by atoms with Gasteiger partial charge in [0.1, 0.15) is 0 Å². The minimum absolute atomic E-state index is 0.165. The largest absolute Gasteiger partial charge is 0.354 e. The van der Waals surface area contributed by atoms with Crippen LogP contribution in [0.15, 0.2) is 9.59 Å². The Bertz CT molecular complexity index is 433. The highest BCUT2D eigenvalue weighted by Crippen LogP contribution is 1.72. The van der Waals surface area contributed by atoms with Crippen LogP contribution < -0.4 is 16.4 Å². The van der Waals surface area contributed by atoms with Gasteiger partial charge < -0.3 is 5.32 Å². The molecule has 0 aliphatic carbocycles. The molecule has 7 nitrogen and oxygen atoms in total. The highest BCUT2D eigenvalue weighted by molar-refractivity contribution is 5.72. The molecule has 0 atom stereocenters. The molecular formula is C7H9N4O3. The number of H-pyrrole nitrogens is 1. The van der Waals surface area contributed by atoms with Crippen molar-refractivity contribution < 1.29 is 4.79 Å². The number of aromatic amines is 1. The van der Waals surface area contributed by atoms with Gasteiger partial charge in [-0.15, -0.1) is 0 Å². The highest BCUT2D eigenvalue weighted by atomic mass is 16.2. The van der Waals surface area contributed by atoms with Crippen LogP contribution in [-0.2, 0) is 11.3 Å². The fourth-order valence-electron chi connectivity index (χ4n) is 0.802. The Morgan fingerprint density at radius 3 is 2.93 bits per heavy atom. The number of amides is 1. The Balaban J connectivity index is 2.60. The van der Waals surface area contributed by atoms with E-state index in [0.717, 1.165) is 0 Å². The zero-order chi connectivity index (χ0) is 10.6. The summed E-state index contributed by atoms with van der Waals surface area (Å²) in [7, 11) is 0. The van der Waals surface area contributed by atoms with Crippen molar-refractivity contribution in [2.24, 2.45) is 0 Å². The molecule has 0 saturated heterocycles. The smallest absolute Gasteiger partial charge is 0.338 e. The lowest BCUT2D eigenvalue weighted by Crippen LogP contribution is -2.35. The number of aromatic nitrogens is 3. The van der Waals surface area contributed by atoms with Gasteiger partial charge in [0.15, 0.2) is 6.33 Å². The molecule has 1 amide bonds. The number of carbonyl (C=O) groups excluding carboxylic acids is 1. The van der Waals surface area contributed by atoms with Crippen molar-refractivity contribution in [2.75, 3.05) is 6.54 Å². The first-order valence-corrected chi connectivity index (χ1v) is 3.93. The summed E-state index contributed by atoms with van der Waals surface area (Å²) in [5.74, 6) is -0.165. The third-order valence-corrected chi connectivity index (χ3v) is 1.41. The number of nitrogens with zero attached hydrogens (tertiary/aromatic N) is 2. The van der Waals surface area contributed by atoms with Gasteiger partial charge in [0.2, 0.25) is 5.91 Å². The fraction of sp³-hybridized carbons (Fsp3) is 0.429. The summed E-state index contributed by atoms with van der Waals surface area (Å²) in [5.41, 5.74) is -1.67. The van der Waals surface area contributed by atoms with Gasteiger partial charge in [-0.25, -0.2) is 0 Å². The molecule has 1 aromatic rings. The van der Waals surface area contributed by atoms with E-state index in [4.69, 9.17) is 0 Å². The van der Waals surface area contributed by atoms with E-state index in [0.29, 0.717) is 13.1 Å². The molecule has 0 aromatic carbocycles. The van der Waals surface area contributed by atoms with Crippen molar-refractivity contribution in [1.29, 1.82) is 0 Å². The van der Waals surface area contributed by atoms with Crippen molar-refractivity contribution in [3.63, 3.8) is 0 Å². The number of hydrogen-bond acceptors (Lipinski definition) is 4. The van der Waals surface area contributed by atoms with Crippen LogP contribution in [0.4, 0.5) is 0 Å². The molecule has 0 aliphatic heterocycles. The molecule has 0 saturated carbocycles. The molecule has 75 valence electrons. The van der Waals surface area contributed by atoms with Gasteiger partial charge in [0, 0.05) is 13.5 Å². The van der Waals surface area contributed by atoms with Crippen molar-refractivity contribution in [2.45, 2.75) is 13.5 Å². The quantitative estimate of drug-likeness (QED) is 0.541. The molecule has 1 heterocycles. The average molecular weight is 197 g/mol. The first-order valence-electron chi connectivity index (χ1n) is 3.93. The number of hydrogen-bond donors (Lipinski definition) is 2. The Morgan fingerprint density at radius 2 is 2.36 bits per heavy atom. The lowest BCUT2D eigenvalue weighted by atomic mass is 10.6. The lowest BCUT2D eigenvalue weighted by molar-refractivity contribution is -0.118. The Hall–Kier alpha value is -1.92. The summed E-state index contributed by atoms with van der Waals surface area (Å²) >= 11 is 0. The minimum atomic E-state index is -0.874. The van der Waals surface area contributed by atoms with E-state index in [2.05, 4.69) is 21.7 Å². The highest BCUT2D eigenvalue weighted by Gasteiger charge is 1.96. The van der Waals surface area contributed by atoms with E-state index in [1.807, 2.05) is 0 Å². The summed E-state index contributed by atoms with van der Waals surface area (Å²) in [6.45, 7) is 2.03. The van der Waals surface area contributed by atoms with Crippen molar-refractivity contribution in [3.8, 4) is 0 Å². The zero-order valence-electron chi connectivity index (χ0n) is 7.53. The van der Waals surface area contributed by atoms with Gasteiger partial charge in [-0.2, -0.15) is 4.98 Å². The van der Waals surface area contributed by atoms with Gasteiger partial charge in [0.25, 0.3) is 0 Å². The molecule has 2 N–H and O–H groups in total. The lowest BCUT2D eigenvalue weighted by Gasteiger charge is -2.03. The second kappa shape index (κ2) is 4.35. The number of nitrogens with one attached hydrogen (secondary N) is 2. The van der Waals surface area contributed by atoms with E-state index in [1.54, 1.807) is 0 Å². The van der Waals surface area contributed by atoms with Crippen LogP contribution in [0.3, 0.4) is 0 Å². The van der Waals surface area contributed by atoms with Gasteiger partial charge in [-0.05, 0) is 0 Å². The molecule has 0 unspecified atom stereocenters. The van der Waals surface area contributed by atoms with Gasteiger partial charge in [-0.3, -0.25) is 24.2 Å². The summed E-state index contributed by atoms with van der Waals surface area (Å²) in [5, 5.41) is 4.75. The van der Waals surface area contributed by atoms with Crippen molar-refractivity contribution >= 4 is 5.91 Å². The zero-order valence-corrected chi connectivity index (χ0v) is 7.53. The van der Waals surface area contributed by atoms with E-state index in [1.165, 1.54) is 11.6 Å². The van der Waals surface area contributed by atoms with Crippen molar-refractivity contribution in [1.82, 2.24) is 20.1 Å². The Kier molecular flexibility index (Phi) is 3.16. The molecule has 1 aromatic heterocycles. The fourth-order valence-corrected chi connectivity index (χ4v) is 0.802. The predicted molar refractivity (Wildman–Crippen MR) is 46.6 cm³/mol. The van der Waals surface area contributed by atoms with Crippen LogP contribution in [0.25, 0.3) is 0 Å². The van der Waals surface area contributed by atoms with Gasteiger partial charge in [-0.1, -0.05) is 0 Å². The van der Waals surface area contributed by atoms with Crippen LogP contribution >= 0.6 is 0 Å². The Morgan fingerprint density at radius 1 is 1.64 bits per heavy atom. The van der Waals surface area contributed by atoms with E-state index >= 15 is 0 Å². The molecule has 1 radical (unpaired) electrons. The molecular weight excluding hydrogens is 188 g/mol. The van der Waals surface area contributed by atoms with E-state index in [9.17, 15) is 14.4 Å². The molecule has 0 spiro atoms. The van der Waals surface area contributed by atoms with Gasteiger partial charge in [0.05, 0.1) is 6.54 Å². The van der Waals surface area contributed by atoms with Gasteiger partial charge >= 0.3 is 11.1 Å². The minimum Gasteiger partial charge on any atom is -0.354 e. The molecule has 7 heteroatoms. The standard InChI is InChI=1S/C7H9N4O3/c1-5(12)8-2-3-11-4-9-6(13)7(14)10-11/h2-3H2,1H3,(H,8,12)(H,10,14). The maximum Gasteiger partial charge on any atom is 0.338 e. The van der Waals surface area contributed by atoms with Crippen LogP contribution in [0.1, 0.15) is 6.92 Å². The second-order valence-electron chi connectivity index (χ2n) is 2.59. The summed E-state index contributed by atoms with van der Waals surface area (Å²) in [6.07, 6.45) is 2.30. The molecule has 1 rings (SSSR count). The third-order valence-electron chi connectivity index (χ3n) is 1.41. The topological polar surface area (TPSA) is 96.8 Å². The molecule has 0 fully saturated rings. The maximum absolute atomic E-state index is 10.8. The summed E-state index contributed by atoms with van der Waals surface area (Å²) in [6, 6.07) is 0. The average Bonchev–Trinajstić information content (AvgIpc) is 2.10. The van der Waals surface area contributed by atoms with Crippen LogP contribution in [0.5, 0.6) is 0 Å². The van der Waals surface area contributed by atoms with Crippen molar-refractivity contribution in [3.05, 3.63) is 27.0 Å². The molecule has 0 bridgehead atoms. The van der Waals surface area contributed by atoms with Crippen LogP contribution in [0.2, 0.25) is 0 Å². The van der Waals surface area contributed by atoms with E-state index < -0.39 is 11.1 Å². The monoisotopic (exact) mass is 197 g/mol. The first kappa shape index (κ1) is 10.2. The maximum atomic E-state index is 10.8. The molecule has 14 heavy (non-hydrogen) atoms. The first-order chi connectivity index (χ1) is 6.59. The summed E-state index contributed by atoms with van der Waals surface area (Å²) in [4.78, 5) is 35.1. The third kappa shape index (κ3) is 2.85. The second-order valence-corrected chi connectivity index (χ2v) is 2.59. The van der Waals surface area contributed by atoms with Crippen LogP contribution in [-0.4, -0.2) is 27.2 Å². The van der Waals surface area contributed by atoms with E-state index in [-0.39, 0.29) is 5.91 Å². The normalized spacial score (nSPS) is 9.79. The predicted octanol–water partition coefficient (Wildman–Crippen LogP) is -2.13. The Labute approximate surface area is 78.8 Å². The SMILES string of the molecule is CC(=O)NCCn1[c]nc(=O)c(=O)[nH]1. The number of carbonyl (C=O) groups is 1. The van der Waals surface area contributed by atoms with Crippen LogP contribution in [0, 0.1) is 6.33 Å².